The molecule has 0 amide bonds. The number of benzene rings is 6. The van der Waals surface area contributed by atoms with Gasteiger partial charge >= 0.3 is 0 Å². The number of unbranched alkanes of at least 4 members (excludes halogenated alkanes) is 6. The maximum Gasteiger partial charge on any atom is 0.127 e. The van der Waals surface area contributed by atoms with Crippen LogP contribution >= 0.6 is 0 Å². The second kappa shape index (κ2) is 45.7. The summed E-state index contributed by atoms with van der Waals surface area (Å²) in [5.41, 5.74) is -33.3. The quantitative estimate of drug-likeness (QED) is 0.0317. The molecule has 6 heterocycles. The molecule has 6 N–H and O–H groups in total. The van der Waals surface area contributed by atoms with Crippen molar-refractivity contribution in [2.24, 2.45) is 35.4 Å². The van der Waals surface area contributed by atoms with Crippen molar-refractivity contribution < 1.29 is 188 Å². The Kier molecular flexibility index (Phi) is 12.8. The smallest absolute Gasteiger partial charge is 0.127 e. The van der Waals surface area contributed by atoms with Gasteiger partial charge in [0, 0.05) is 211 Å². The molecule has 6 aliphatic heterocycles. The molecule has 0 saturated carbocycles. The van der Waals surface area contributed by atoms with E-state index in [1.165, 1.54) is 13.0 Å². The number of phenolic OH excluding ortho intramolecular Hbond substituents is 6. The molecule has 0 bridgehead atoms. The third kappa shape index (κ3) is 25.0. The summed E-state index contributed by atoms with van der Waals surface area (Å²) in [5.74, 6) is -41.7. The van der Waals surface area contributed by atoms with Crippen LogP contribution in [-0.2, 0) is 38.2 Å². The Hall–Kier alpha value is -8.64. The Morgan fingerprint density at radius 2 is 0.543 bits per heavy atom. The molecule has 12 heteroatoms. The van der Waals surface area contributed by atoms with Crippen LogP contribution in [0.1, 0.15) is 588 Å². The van der Waals surface area contributed by atoms with Crippen molar-refractivity contribution in [2.45, 2.75) is 465 Å². The molecule has 756 valence electrons. The summed E-state index contributed by atoms with van der Waals surface area (Å²) in [5, 5.41) is 66.9. The lowest BCUT2D eigenvalue weighted by Gasteiger charge is -2.46. The number of hydrogen-bond donors (Lipinski definition) is 6. The normalized spacial score (nSPS) is 42.2. The van der Waals surface area contributed by atoms with Crippen molar-refractivity contribution in [1.29, 1.82) is 0 Å². The number of fused-ring (bicyclic) bond motifs is 18. The van der Waals surface area contributed by atoms with Crippen LogP contribution < -0.4 is 28.4 Å². The predicted octanol–water partition coefficient (Wildman–Crippen LogP) is 34.4. The van der Waals surface area contributed by atoms with E-state index in [9.17, 15) is 36.1 Å². The van der Waals surface area contributed by atoms with Crippen LogP contribution in [0, 0.1) is 35.4 Å². The highest BCUT2D eigenvalue weighted by Crippen LogP contribution is 2.61. The molecule has 0 aromatic heterocycles. The third-order valence-corrected chi connectivity index (χ3v) is 23.9. The lowest BCUT2D eigenvalue weighted by atomic mass is 9.68. The highest BCUT2D eigenvalue weighted by Gasteiger charge is 2.52. The van der Waals surface area contributed by atoms with Crippen molar-refractivity contribution in [3.8, 4) is 69.0 Å². The van der Waals surface area contributed by atoms with E-state index in [1.807, 2.05) is 6.92 Å². The van der Waals surface area contributed by atoms with Gasteiger partial charge in [-0.15, -0.1) is 0 Å². The zero-order valence-corrected chi connectivity index (χ0v) is 77.7. The van der Waals surface area contributed by atoms with Gasteiger partial charge in [0.05, 0.1) is 21.9 Å². The van der Waals surface area contributed by atoms with Crippen LogP contribution in [0.4, 0.5) is 0 Å². The number of phenols is 6. The zero-order valence-electron chi connectivity index (χ0n) is 172. The first-order valence-corrected chi connectivity index (χ1v) is 45.9. The molecule has 18 rings (SSSR count). The minimum absolute atomic E-state index is 0.0543. The molecular weight excluding hydrogens is 1710 g/mol. The van der Waals surface area contributed by atoms with Gasteiger partial charge in [0.1, 0.15) is 103 Å². The average Bonchev–Trinajstić information content (AvgIpc) is 0.643. The lowest BCUT2D eigenvalue weighted by molar-refractivity contribution is 0.0104. The summed E-state index contributed by atoms with van der Waals surface area (Å²) in [4.78, 5) is 0. The third-order valence-electron chi connectivity index (χ3n) is 23.9. The molecule has 12 atom stereocenters. The van der Waals surface area contributed by atoms with Gasteiger partial charge in [-0.1, -0.05) is 188 Å². The fraction of sp³-hybridized carbons (Fsp3) is 0.619. The summed E-state index contributed by atoms with van der Waals surface area (Å²) in [6, 6.07) is -14.8. The van der Waals surface area contributed by atoms with Gasteiger partial charge in [0.15, 0.2) is 0 Å². The summed E-state index contributed by atoms with van der Waals surface area (Å²) in [6.07, 6.45) is -35.2. The number of hydrogen-bond acceptors (Lipinski definition) is 12. The Bertz CT molecular complexity index is 9800. The van der Waals surface area contributed by atoms with E-state index in [2.05, 4.69) is 0 Å². The molecule has 0 radical (unpaired) electrons. The highest BCUT2D eigenvalue weighted by molar-refractivity contribution is 5.60. The van der Waals surface area contributed by atoms with Gasteiger partial charge in [-0.05, 0) is 383 Å². The van der Waals surface area contributed by atoms with Gasteiger partial charge in [0.25, 0.3) is 0 Å². The monoisotopic (exact) mass is 1980 g/mol. The van der Waals surface area contributed by atoms with E-state index in [0.29, 0.717) is 64.2 Å². The molecule has 6 aliphatic carbocycles. The van der Waals surface area contributed by atoms with Gasteiger partial charge in [-0.25, -0.2) is 0 Å². The van der Waals surface area contributed by atoms with Gasteiger partial charge in [-0.3, -0.25) is 0 Å². The summed E-state index contributed by atoms with van der Waals surface area (Å²) < 4.78 is 819. The largest absolute Gasteiger partial charge is 0.507 e. The SMILES string of the molecule is [2H]C1=C(C([2H])([2H])[2H])C([2H])([2H])C([2H])([2H])[C@]2([2H])[C@@H]1c1c(O)c([2H])c(C([2H])([2H])CCCC)c([2H])c1OC2(C([2H])([2H])[2H])C([2H])([2H])[2H].[2H]C1=C(C([2H])([2H])[2H])CC([2H])([2H])[C@]2([2H])[C@@H]1c1c(O)c([2H])c(C([2H])([2H])CCCC)c([2H])c1OC2(C([2H])([2H])[2H])C([2H])([2H])[2H].[2H]C1=C(C)C([2H])([2H])C([2H])([2H])[C@]2([2H])[C@@H]1c1c(O)c([2H])c(C([2H])([2H])CCCC)c([2H])c1OC2(C([2H])([2H])[2H])C([2H])([2H])[2H].[2H]C1=C(C)CC([2H])([2H])[C@]2([2H])[C@@H]1c1c(O)c([2H])c(C([2H])([2H])CCCC)c([2H])c1OC2(C([2H])([2H])[2H])C([2H])([2H])[2H].[2H]c1c(O)c2c(c([2H])c1C([2H])([2H])CCCC)OC(C([2H])([2H])[2H])(C([2H])([2H])[2H])[C@@H]1CC([2H])([2H])C(C([2H])([2H])[2H])=C[C@@H]21.[2H]c1c(O)c2c(c([2H])c1C([2H])([2H])CCCC)OC(C([2H])([2H])[2H])(C([2H])([2H])[2H])[C@@H]1CCC(C([2H])([2H])[2H])=C[C@@H]21. The molecule has 138 heavy (non-hydrogen) atoms. The van der Waals surface area contributed by atoms with Gasteiger partial charge < -0.3 is 59.1 Å². The van der Waals surface area contributed by atoms with Gasteiger partial charge in [0.2, 0.25) is 0 Å². The first kappa shape index (κ1) is 38.5. The van der Waals surface area contributed by atoms with Crippen molar-refractivity contribution in [1.82, 2.24) is 0 Å². The van der Waals surface area contributed by atoms with Crippen LogP contribution in [0.2, 0.25) is 0 Å². The van der Waals surface area contributed by atoms with Crippen LogP contribution in [0.5, 0.6) is 69.0 Å². The lowest BCUT2D eigenvalue weighted by Crippen LogP contribution is -2.45. The summed E-state index contributed by atoms with van der Waals surface area (Å²) in [7, 11) is 0. The molecule has 0 spiro atoms. The van der Waals surface area contributed by atoms with E-state index in [-0.39, 0.29) is 80.9 Å². The number of rotatable bonds is 24. The second-order valence-electron chi connectivity index (χ2n) is 34.7. The van der Waals surface area contributed by atoms with Crippen molar-refractivity contribution >= 4 is 0 Å². The van der Waals surface area contributed by atoms with E-state index >= 15 is 0 Å². The van der Waals surface area contributed by atoms with E-state index in [1.54, 1.807) is 34.6 Å². The van der Waals surface area contributed by atoms with Crippen LogP contribution in [0.15, 0.2) is 142 Å². The molecule has 6 aromatic carbocycles. The van der Waals surface area contributed by atoms with Crippen LogP contribution in [-0.4, -0.2) is 64.2 Å². The molecule has 0 saturated heterocycles. The molecule has 0 fully saturated rings. The molecule has 6 aromatic rings. The fourth-order valence-electron chi connectivity index (χ4n) is 16.8. The van der Waals surface area contributed by atoms with Crippen LogP contribution in [0.25, 0.3) is 0 Å². The zero-order chi connectivity index (χ0) is 181. The standard InChI is InChI=1S/6C21H30O2/c6*1-5-6-7-8-15-12-18(22)20-16-11-14(2)9-10-17(16)21(3,4)23-19(20)13-15/h6*11-13,16-17,22H,5-10H2,1-4H3/t6*16-,17-/m111111/s1/i2D3,3D3,4D3,8D2,9D2,10D2,11D,12D,13D,17D;3D3,4D3,8D2,9D2,10D2,11D,12D,13D,17D;2D3,3D3,4D3,8D2,10D2,11D,12D,13D,17D;3D3,4D3,8D2,10D2,11D,12D,13D,17D;2D3,3D3,4D3,8D2,9D2,12D,13D;2D3,3D3,4D3,8D2,12D,13D. The molecule has 12 nitrogen and oxygen atoms in total. The minimum Gasteiger partial charge on any atom is -0.507 e. The van der Waals surface area contributed by atoms with Crippen molar-refractivity contribution in [3.63, 3.8) is 0 Å². The minimum atomic E-state index is -4.10. The predicted molar refractivity (Wildman–Crippen MR) is 572 cm³/mol. The Morgan fingerprint density at radius 3 is 0.848 bits per heavy atom. The maximum atomic E-state index is 11.2. The fourth-order valence-corrected chi connectivity index (χ4v) is 16.8. The topological polar surface area (TPSA) is 177 Å². The summed E-state index contributed by atoms with van der Waals surface area (Å²) in [6.45, 7) is -43.7. The van der Waals surface area contributed by atoms with Crippen LogP contribution in [0.3, 0.4) is 0 Å². The first-order chi connectivity index (χ1) is 103. The Morgan fingerprint density at radius 1 is 0.290 bits per heavy atom. The highest BCUT2D eigenvalue weighted by atomic mass is 16.5. The van der Waals surface area contributed by atoms with E-state index < -0.39 is 565 Å². The van der Waals surface area contributed by atoms with Crippen molar-refractivity contribution in [3.05, 3.63) is 209 Å². The molecule has 0 unspecified atom stereocenters. The Labute approximate surface area is 966 Å². The van der Waals surface area contributed by atoms with E-state index in [0.717, 1.165) is 13.0 Å². The molecular formula is C126H180O12. The molecule has 12 aliphatic rings. The summed E-state index contributed by atoms with van der Waals surface area (Å²) >= 11 is 0. The first-order valence-electron chi connectivity index (χ1n) is 92.9. The second-order valence-corrected chi connectivity index (χ2v) is 34.7. The van der Waals surface area contributed by atoms with E-state index in [4.69, 9.17) is 152 Å². The number of allylic oxidation sites excluding steroid dienone is 12. The number of ether oxygens (including phenoxy) is 6. The Balaban J connectivity index is 0.000000220. The average molecular weight is 1980 g/mol. The number of aromatic hydroxyl groups is 6. The van der Waals surface area contributed by atoms with Crippen molar-refractivity contribution in [2.75, 3.05) is 0 Å². The maximum absolute atomic E-state index is 11.2. The van der Waals surface area contributed by atoms with Gasteiger partial charge in [-0.2, -0.15) is 0 Å².